The average Bonchev–Trinajstić information content (AvgIpc) is 3.60. The number of halogens is 4. The molecule has 2 aliphatic heterocycles. The molecule has 0 spiro atoms. The maximum absolute atomic E-state index is 13.3. The summed E-state index contributed by atoms with van der Waals surface area (Å²) in [6.07, 6.45) is -0.846. The molecule has 15 heteroatoms. The Labute approximate surface area is 238 Å². The lowest BCUT2D eigenvalue weighted by molar-refractivity contribution is -0.140. The molecule has 3 N–H and O–H groups in total. The van der Waals surface area contributed by atoms with Crippen LogP contribution in [0.3, 0.4) is 0 Å². The maximum Gasteiger partial charge on any atom is 0.433 e. The van der Waals surface area contributed by atoms with Crippen molar-refractivity contribution in [2.45, 2.75) is 19.0 Å². The molecule has 3 aromatic rings. The van der Waals surface area contributed by atoms with E-state index in [4.69, 9.17) is 11.6 Å². The fraction of sp³-hybridized carbons (Fsp3) is 0.423. The number of benzene rings is 1. The Morgan fingerprint density at radius 1 is 1.05 bits per heavy atom. The van der Waals surface area contributed by atoms with Crippen molar-refractivity contribution < 1.29 is 27.6 Å². The summed E-state index contributed by atoms with van der Waals surface area (Å²) in [6.45, 7) is 3.35. The van der Waals surface area contributed by atoms with Gasteiger partial charge in [-0.2, -0.15) is 18.3 Å². The summed E-state index contributed by atoms with van der Waals surface area (Å²) >= 11 is 6.41. The van der Waals surface area contributed by atoms with Gasteiger partial charge in [-0.25, -0.2) is 4.98 Å². The summed E-state index contributed by atoms with van der Waals surface area (Å²) in [5.41, 5.74) is -0.713. The molecule has 0 atom stereocenters. The Balaban J connectivity index is 1.22. The van der Waals surface area contributed by atoms with E-state index >= 15 is 0 Å². The highest BCUT2D eigenvalue weighted by molar-refractivity contribution is 6.34. The molecule has 2 fully saturated rings. The standard InChI is InChI=1S/C26H28ClF3N8O3/c1-36-20(18-13-33-35-21(18)26(28,29)30)14-32-22(36)23(39)34-16-2-3-17(19(27)12-16)25(41)38-10-8-37(9-11-38)24(40)15-4-6-31-7-5-15/h2-3,12-15,31H,4-11H2,1H3,(H,33,35)(H,34,39). The number of hydrogen-bond donors (Lipinski definition) is 3. The minimum atomic E-state index is -4.66. The van der Waals surface area contributed by atoms with Gasteiger partial charge in [-0.1, -0.05) is 11.6 Å². The van der Waals surface area contributed by atoms with Gasteiger partial charge in [-0.3, -0.25) is 19.5 Å². The van der Waals surface area contributed by atoms with Crippen molar-refractivity contribution in [1.29, 1.82) is 0 Å². The van der Waals surface area contributed by atoms with E-state index in [1.807, 2.05) is 10.00 Å². The zero-order chi connectivity index (χ0) is 29.3. The van der Waals surface area contributed by atoms with Gasteiger partial charge in [0.2, 0.25) is 5.91 Å². The number of piperidine rings is 1. The highest BCUT2D eigenvalue weighted by Gasteiger charge is 2.37. The predicted octanol–water partition coefficient (Wildman–Crippen LogP) is 3.02. The largest absolute Gasteiger partial charge is 0.433 e. The van der Waals surface area contributed by atoms with E-state index in [0.29, 0.717) is 26.2 Å². The number of carbonyl (C=O) groups excluding carboxylic acids is 3. The van der Waals surface area contributed by atoms with Crippen molar-refractivity contribution in [2.75, 3.05) is 44.6 Å². The van der Waals surface area contributed by atoms with Crippen LogP contribution in [0, 0.1) is 5.92 Å². The molecule has 218 valence electrons. The molecule has 0 unspecified atom stereocenters. The van der Waals surface area contributed by atoms with Crippen LogP contribution in [0.2, 0.25) is 5.02 Å². The van der Waals surface area contributed by atoms with Crippen LogP contribution in [-0.4, -0.2) is 86.5 Å². The Morgan fingerprint density at radius 3 is 2.39 bits per heavy atom. The van der Waals surface area contributed by atoms with Crippen LogP contribution in [0.25, 0.3) is 11.3 Å². The molecule has 2 saturated heterocycles. The molecule has 5 rings (SSSR count). The number of alkyl halides is 3. The molecule has 1 aromatic carbocycles. The number of imidazole rings is 1. The number of carbonyl (C=O) groups is 3. The molecular formula is C26H28ClF3N8O3. The van der Waals surface area contributed by atoms with E-state index in [-0.39, 0.29) is 51.1 Å². The summed E-state index contributed by atoms with van der Waals surface area (Å²) in [7, 11) is 1.42. The van der Waals surface area contributed by atoms with Gasteiger partial charge < -0.3 is 25.0 Å². The first kappa shape index (κ1) is 28.6. The molecule has 4 heterocycles. The number of anilines is 1. The zero-order valence-corrected chi connectivity index (χ0v) is 22.8. The van der Waals surface area contributed by atoms with Gasteiger partial charge in [0.1, 0.15) is 5.69 Å². The van der Waals surface area contributed by atoms with Gasteiger partial charge in [0, 0.05) is 44.8 Å². The van der Waals surface area contributed by atoms with E-state index in [0.717, 1.165) is 38.3 Å². The summed E-state index contributed by atoms with van der Waals surface area (Å²) in [4.78, 5) is 46.3. The van der Waals surface area contributed by atoms with Crippen molar-refractivity contribution in [3.05, 3.63) is 52.7 Å². The van der Waals surface area contributed by atoms with Crippen LogP contribution in [-0.2, 0) is 18.0 Å². The second-order valence-electron chi connectivity index (χ2n) is 9.97. The van der Waals surface area contributed by atoms with Gasteiger partial charge >= 0.3 is 6.18 Å². The molecule has 0 radical (unpaired) electrons. The van der Waals surface area contributed by atoms with Crippen LogP contribution in [0.5, 0.6) is 0 Å². The Kier molecular flexibility index (Phi) is 8.04. The fourth-order valence-corrected chi connectivity index (χ4v) is 5.41. The third-order valence-electron chi connectivity index (χ3n) is 7.41. The lowest BCUT2D eigenvalue weighted by atomic mass is 9.96. The van der Waals surface area contributed by atoms with Crippen molar-refractivity contribution in [3.8, 4) is 11.3 Å². The van der Waals surface area contributed by atoms with Crippen LogP contribution >= 0.6 is 11.6 Å². The number of rotatable bonds is 5. The minimum Gasteiger partial charge on any atom is -0.339 e. The Morgan fingerprint density at radius 2 is 1.73 bits per heavy atom. The summed E-state index contributed by atoms with van der Waals surface area (Å²) in [6, 6.07) is 4.43. The van der Waals surface area contributed by atoms with E-state index in [2.05, 4.69) is 20.7 Å². The molecule has 0 bridgehead atoms. The van der Waals surface area contributed by atoms with Crippen LogP contribution in [0.4, 0.5) is 18.9 Å². The molecule has 41 heavy (non-hydrogen) atoms. The highest BCUT2D eigenvalue weighted by atomic mass is 35.5. The van der Waals surface area contributed by atoms with E-state index in [1.165, 1.54) is 29.8 Å². The van der Waals surface area contributed by atoms with E-state index < -0.39 is 17.8 Å². The topological polar surface area (TPSA) is 128 Å². The quantitative estimate of drug-likeness (QED) is 0.418. The van der Waals surface area contributed by atoms with Gasteiger partial charge in [0.15, 0.2) is 5.82 Å². The first-order chi connectivity index (χ1) is 19.5. The van der Waals surface area contributed by atoms with E-state index in [9.17, 15) is 27.6 Å². The maximum atomic E-state index is 13.3. The van der Waals surface area contributed by atoms with Crippen LogP contribution in [0.1, 0.15) is 39.5 Å². The number of H-pyrrole nitrogens is 1. The molecule has 2 aliphatic rings. The molecule has 2 aromatic heterocycles. The molecular weight excluding hydrogens is 565 g/mol. The minimum absolute atomic E-state index is 0.0241. The number of hydrogen-bond acceptors (Lipinski definition) is 6. The van der Waals surface area contributed by atoms with Gasteiger partial charge in [0.05, 0.1) is 34.2 Å². The van der Waals surface area contributed by atoms with Crippen molar-refractivity contribution in [1.82, 2.24) is 34.9 Å². The first-order valence-electron chi connectivity index (χ1n) is 13.1. The van der Waals surface area contributed by atoms with E-state index in [1.54, 1.807) is 4.90 Å². The van der Waals surface area contributed by atoms with Crippen molar-refractivity contribution >= 4 is 35.0 Å². The lowest BCUT2D eigenvalue weighted by Gasteiger charge is -2.37. The number of aromatic amines is 1. The molecule has 0 aliphatic carbocycles. The summed E-state index contributed by atoms with van der Waals surface area (Å²) < 4.78 is 41.1. The normalized spacial score (nSPS) is 16.6. The van der Waals surface area contributed by atoms with Crippen LogP contribution in [0.15, 0.2) is 30.6 Å². The predicted molar refractivity (Wildman–Crippen MR) is 143 cm³/mol. The number of amides is 3. The number of piperazine rings is 1. The highest BCUT2D eigenvalue weighted by Crippen LogP contribution is 2.35. The monoisotopic (exact) mass is 592 g/mol. The third kappa shape index (κ3) is 5.93. The second kappa shape index (κ2) is 11.5. The number of aromatic nitrogens is 4. The zero-order valence-electron chi connectivity index (χ0n) is 22.1. The molecule has 3 amide bonds. The van der Waals surface area contributed by atoms with Crippen molar-refractivity contribution in [3.63, 3.8) is 0 Å². The smallest absolute Gasteiger partial charge is 0.339 e. The Bertz CT molecular complexity index is 1460. The third-order valence-corrected chi connectivity index (χ3v) is 7.73. The number of nitrogens with one attached hydrogen (secondary N) is 3. The van der Waals surface area contributed by atoms with Gasteiger partial charge in [-0.15, -0.1) is 0 Å². The van der Waals surface area contributed by atoms with Gasteiger partial charge in [0.25, 0.3) is 11.8 Å². The summed E-state index contributed by atoms with van der Waals surface area (Å²) in [5.74, 6) is -0.933. The Hall–Kier alpha value is -3.91. The van der Waals surface area contributed by atoms with Crippen molar-refractivity contribution in [2.24, 2.45) is 13.0 Å². The second-order valence-corrected chi connectivity index (χ2v) is 10.4. The first-order valence-corrected chi connectivity index (χ1v) is 13.4. The number of nitrogens with zero attached hydrogens (tertiary/aromatic N) is 5. The average molecular weight is 593 g/mol. The lowest BCUT2D eigenvalue weighted by Crippen LogP contribution is -2.52. The molecule has 0 saturated carbocycles. The fourth-order valence-electron chi connectivity index (χ4n) is 5.15. The van der Waals surface area contributed by atoms with Crippen LogP contribution < -0.4 is 10.6 Å². The molecule has 11 nitrogen and oxygen atoms in total. The SMILES string of the molecule is Cn1c(-c2cn[nH]c2C(F)(F)F)cnc1C(=O)Nc1ccc(C(=O)N2CCN(C(=O)C3CCNCC3)CC2)c(Cl)c1. The van der Waals surface area contributed by atoms with Gasteiger partial charge in [-0.05, 0) is 44.1 Å². The summed E-state index contributed by atoms with van der Waals surface area (Å²) in [5, 5.41) is 11.4.